The van der Waals surface area contributed by atoms with Crippen LogP contribution in [0.25, 0.3) is 0 Å². The van der Waals surface area contributed by atoms with E-state index in [1.165, 1.54) is 19.4 Å². The third-order valence-corrected chi connectivity index (χ3v) is 2.59. The molecule has 2 rings (SSSR count). The molecule has 20 heavy (non-hydrogen) atoms. The Kier molecular flexibility index (Phi) is 4.08. The van der Waals surface area contributed by atoms with Crippen molar-refractivity contribution in [3.8, 4) is 5.75 Å². The molecule has 0 fully saturated rings. The molecule has 9 heteroatoms. The van der Waals surface area contributed by atoms with Gasteiger partial charge >= 0.3 is 5.69 Å². The lowest BCUT2D eigenvalue weighted by Gasteiger charge is -2.09. The van der Waals surface area contributed by atoms with Crippen LogP contribution in [0.4, 0.5) is 15.8 Å². The monoisotopic (exact) mass is 281 g/mol. The molecule has 1 aromatic carbocycles. The molecule has 0 aliphatic rings. The Bertz CT molecular complexity index is 602. The van der Waals surface area contributed by atoms with E-state index in [-0.39, 0.29) is 11.4 Å². The Balaban J connectivity index is 2.09. The number of nitrogens with one attached hydrogen (secondary N) is 1. The summed E-state index contributed by atoms with van der Waals surface area (Å²) in [5, 5.41) is 21.0. The summed E-state index contributed by atoms with van der Waals surface area (Å²) < 4.78 is 20.2. The van der Waals surface area contributed by atoms with Crippen molar-refractivity contribution in [2.45, 2.75) is 6.54 Å². The Morgan fingerprint density at radius 2 is 2.35 bits per heavy atom. The quantitative estimate of drug-likeness (QED) is 0.636. The number of hydrogen-bond acceptors (Lipinski definition) is 6. The average molecular weight is 281 g/mol. The van der Waals surface area contributed by atoms with Crippen LogP contribution >= 0.6 is 0 Å². The van der Waals surface area contributed by atoms with Crippen LogP contribution in [0.2, 0.25) is 0 Å². The molecule has 0 amide bonds. The van der Waals surface area contributed by atoms with Gasteiger partial charge in [-0.3, -0.25) is 14.8 Å². The number of ether oxygens (including phenoxy) is 1. The molecule has 106 valence electrons. The molecular formula is C11H12FN5O3. The number of halogens is 1. The van der Waals surface area contributed by atoms with Crippen molar-refractivity contribution in [1.82, 2.24) is 15.0 Å². The third kappa shape index (κ3) is 2.99. The van der Waals surface area contributed by atoms with Crippen LogP contribution in [0.15, 0.2) is 24.5 Å². The highest BCUT2D eigenvalue weighted by Gasteiger charge is 2.18. The largest absolute Gasteiger partial charge is 0.490 e. The predicted octanol–water partition coefficient (Wildman–Crippen LogP) is 1.45. The molecule has 8 nitrogen and oxygen atoms in total. The summed E-state index contributed by atoms with van der Waals surface area (Å²) in [4.78, 5) is 10.0. The molecule has 0 radical (unpaired) electrons. The van der Waals surface area contributed by atoms with Crippen LogP contribution < -0.4 is 10.1 Å². The summed E-state index contributed by atoms with van der Waals surface area (Å²) >= 11 is 0. The zero-order valence-electron chi connectivity index (χ0n) is 10.6. The topological polar surface area (TPSA) is 95.1 Å². The van der Waals surface area contributed by atoms with Gasteiger partial charge in [0.1, 0.15) is 0 Å². The maximum atomic E-state index is 13.7. The van der Waals surface area contributed by atoms with Crippen LogP contribution in [0.5, 0.6) is 5.75 Å². The van der Waals surface area contributed by atoms with Crippen molar-refractivity contribution in [3.05, 3.63) is 40.5 Å². The van der Waals surface area contributed by atoms with E-state index in [4.69, 9.17) is 4.74 Å². The first-order valence-corrected chi connectivity index (χ1v) is 5.71. The summed E-state index contributed by atoms with van der Waals surface area (Å²) in [6.45, 7) is 0.875. The minimum Gasteiger partial charge on any atom is -0.490 e. The summed E-state index contributed by atoms with van der Waals surface area (Å²) in [5.74, 6) is -0.712. The van der Waals surface area contributed by atoms with E-state index in [1.54, 1.807) is 10.9 Å². The Morgan fingerprint density at radius 3 is 2.95 bits per heavy atom. The zero-order valence-corrected chi connectivity index (χ0v) is 10.6. The summed E-state index contributed by atoms with van der Waals surface area (Å²) in [6.07, 6.45) is 3.21. The molecular weight excluding hydrogens is 269 g/mol. The SMILES string of the molecule is COc1cc(NCCn2ccnn2)c(F)cc1[N+](=O)[O-]. The van der Waals surface area contributed by atoms with E-state index in [0.29, 0.717) is 13.1 Å². The lowest BCUT2D eigenvalue weighted by molar-refractivity contribution is -0.385. The van der Waals surface area contributed by atoms with E-state index >= 15 is 0 Å². The second kappa shape index (κ2) is 5.95. The van der Waals surface area contributed by atoms with E-state index < -0.39 is 16.4 Å². The number of nitro groups is 1. The molecule has 0 atom stereocenters. The number of nitrogens with zero attached hydrogens (tertiary/aromatic N) is 4. The molecule has 1 aromatic heterocycles. The molecule has 0 aliphatic heterocycles. The fourth-order valence-electron chi connectivity index (χ4n) is 1.64. The standard InChI is InChI=1S/C11H12FN5O3/c1-20-11-7-9(8(12)6-10(11)17(18)19)13-2-4-16-5-3-14-15-16/h3,5-7,13H,2,4H2,1H3. The van der Waals surface area contributed by atoms with Crippen molar-refractivity contribution < 1.29 is 14.1 Å². The summed E-state index contributed by atoms with van der Waals surface area (Å²) in [6, 6.07) is 2.09. The number of rotatable bonds is 6. The van der Waals surface area contributed by atoms with Crippen molar-refractivity contribution in [3.63, 3.8) is 0 Å². The molecule has 0 saturated heterocycles. The molecule has 0 aliphatic carbocycles. The van der Waals surface area contributed by atoms with Gasteiger partial charge in [0.25, 0.3) is 0 Å². The maximum Gasteiger partial charge on any atom is 0.313 e. The number of aromatic nitrogens is 3. The average Bonchev–Trinajstić information content (AvgIpc) is 2.93. The molecule has 0 unspecified atom stereocenters. The molecule has 1 N–H and O–H groups in total. The van der Waals surface area contributed by atoms with Crippen molar-refractivity contribution in [1.29, 1.82) is 0 Å². The normalized spacial score (nSPS) is 10.3. The third-order valence-electron chi connectivity index (χ3n) is 2.59. The first-order chi connectivity index (χ1) is 9.61. The van der Waals surface area contributed by atoms with E-state index in [1.807, 2.05) is 0 Å². The van der Waals surface area contributed by atoms with E-state index in [9.17, 15) is 14.5 Å². The van der Waals surface area contributed by atoms with E-state index in [0.717, 1.165) is 6.07 Å². The van der Waals surface area contributed by atoms with Crippen LogP contribution in [0.1, 0.15) is 0 Å². The van der Waals surface area contributed by atoms with Crippen LogP contribution in [0, 0.1) is 15.9 Å². The highest BCUT2D eigenvalue weighted by molar-refractivity contribution is 5.59. The van der Waals surface area contributed by atoms with Crippen molar-refractivity contribution in [2.75, 3.05) is 19.0 Å². The molecule has 1 heterocycles. The van der Waals surface area contributed by atoms with Gasteiger partial charge in [0, 0.05) is 18.8 Å². The van der Waals surface area contributed by atoms with E-state index in [2.05, 4.69) is 15.6 Å². The molecule has 0 spiro atoms. The Labute approximate surface area is 113 Å². The molecule has 2 aromatic rings. The summed E-state index contributed by atoms with van der Waals surface area (Å²) in [7, 11) is 1.29. The molecule has 0 bridgehead atoms. The van der Waals surface area contributed by atoms with Gasteiger partial charge in [-0.2, -0.15) is 0 Å². The lowest BCUT2D eigenvalue weighted by atomic mass is 10.2. The van der Waals surface area contributed by atoms with Gasteiger partial charge in [0.15, 0.2) is 11.6 Å². The highest BCUT2D eigenvalue weighted by Crippen LogP contribution is 2.32. The second-order valence-corrected chi connectivity index (χ2v) is 3.85. The number of benzene rings is 1. The van der Waals surface area contributed by atoms with Gasteiger partial charge in [-0.1, -0.05) is 5.21 Å². The number of hydrogen-bond donors (Lipinski definition) is 1. The number of methoxy groups -OCH3 is 1. The lowest BCUT2D eigenvalue weighted by Crippen LogP contribution is -2.12. The fraction of sp³-hybridized carbons (Fsp3) is 0.273. The number of nitro benzene ring substituents is 1. The van der Waals surface area contributed by atoms with Gasteiger partial charge < -0.3 is 10.1 Å². The van der Waals surface area contributed by atoms with Crippen molar-refractivity contribution in [2.24, 2.45) is 0 Å². The van der Waals surface area contributed by atoms with Crippen LogP contribution in [-0.4, -0.2) is 33.6 Å². The summed E-state index contributed by atoms with van der Waals surface area (Å²) in [5.41, 5.74) is -0.278. The van der Waals surface area contributed by atoms with Gasteiger partial charge in [0.2, 0.25) is 0 Å². The predicted molar refractivity (Wildman–Crippen MR) is 68.1 cm³/mol. The fourth-order valence-corrected chi connectivity index (χ4v) is 1.64. The first kappa shape index (κ1) is 13.7. The van der Waals surface area contributed by atoms with Crippen molar-refractivity contribution >= 4 is 11.4 Å². The van der Waals surface area contributed by atoms with Gasteiger partial charge in [0.05, 0.1) is 36.5 Å². The molecule has 0 saturated carbocycles. The van der Waals surface area contributed by atoms with Gasteiger partial charge in [-0.15, -0.1) is 5.10 Å². The smallest absolute Gasteiger partial charge is 0.313 e. The first-order valence-electron chi connectivity index (χ1n) is 5.71. The minimum atomic E-state index is -0.712. The zero-order chi connectivity index (χ0) is 14.5. The number of anilines is 1. The minimum absolute atomic E-state index is 0.000319. The highest BCUT2D eigenvalue weighted by atomic mass is 19.1. The van der Waals surface area contributed by atoms with Gasteiger partial charge in [-0.25, -0.2) is 4.39 Å². The Hall–Kier alpha value is -2.71. The van der Waals surface area contributed by atoms with Crippen LogP contribution in [0.3, 0.4) is 0 Å². The van der Waals surface area contributed by atoms with Gasteiger partial charge in [-0.05, 0) is 0 Å². The maximum absolute atomic E-state index is 13.7. The Morgan fingerprint density at radius 1 is 1.55 bits per heavy atom. The second-order valence-electron chi connectivity index (χ2n) is 3.85. The van der Waals surface area contributed by atoms with Crippen LogP contribution in [-0.2, 0) is 6.54 Å².